The summed E-state index contributed by atoms with van der Waals surface area (Å²) in [6.07, 6.45) is 21.2. The van der Waals surface area contributed by atoms with Crippen LogP contribution in [0.15, 0.2) is 88.9 Å². The lowest BCUT2D eigenvalue weighted by Crippen LogP contribution is -2.37. The van der Waals surface area contributed by atoms with E-state index < -0.39 is 20.3 Å². The van der Waals surface area contributed by atoms with Crippen LogP contribution in [0.1, 0.15) is 6.92 Å². The second-order valence-electron chi connectivity index (χ2n) is 7.59. The van der Waals surface area contributed by atoms with E-state index >= 15 is 0 Å². The Morgan fingerprint density at radius 1 is 1.12 bits per heavy atom. The predicted molar refractivity (Wildman–Crippen MR) is 130 cm³/mol. The highest BCUT2D eigenvalue weighted by Gasteiger charge is 2.21. The molecule has 0 aliphatic heterocycles. The minimum absolute atomic E-state index is 0.129. The first-order chi connectivity index (χ1) is 15.2. The van der Waals surface area contributed by atoms with Crippen molar-refractivity contribution in [2.24, 2.45) is 7.05 Å². The van der Waals surface area contributed by atoms with Crippen LogP contribution in [0, 0.1) is 0 Å². The number of nitrogens with zero attached hydrogens (tertiary/aromatic N) is 3. The van der Waals surface area contributed by atoms with Crippen LogP contribution in [-0.2, 0) is 17.1 Å². The Balaban J connectivity index is 1.74. The van der Waals surface area contributed by atoms with E-state index in [1.165, 1.54) is 16.8 Å². The van der Waals surface area contributed by atoms with Gasteiger partial charge in [0.15, 0.2) is 0 Å². The van der Waals surface area contributed by atoms with E-state index in [0.29, 0.717) is 16.7 Å². The van der Waals surface area contributed by atoms with Crippen LogP contribution in [0.4, 0.5) is 0 Å². The van der Waals surface area contributed by atoms with Crippen LogP contribution < -0.4 is 20.8 Å². The van der Waals surface area contributed by atoms with E-state index in [-0.39, 0.29) is 4.90 Å². The minimum atomic E-state index is -4.03. The number of sulfonamides is 1. The van der Waals surface area contributed by atoms with E-state index in [4.69, 9.17) is 0 Å². The quantitative estimate of drug-likeness (QED) is 0.664. The van der Waals surface area contributed by atoms with Gasteiger partial charge in [-0.3, -0.25) is 18.8 Å². The van der Waals surface area contributed by atoms with Gasteiger partial charge in [0.05, 0.1) is 22.1 Å². The molecule has 0 saturated carbocycles. The molecule has 1 atom stereocenters. The van der Waals surface area contributed by atoms with Crippen molar-refractivity contribution in [3.63, 3.8) is 0 Å². The van der Waals surface area contributed by atoms with Crippen molar-refractivity contribution in [1.29, 1.82) is 0 Å². The maximum absolute atomic E-state index is 13.1. The molecule has 0 aromatic carbocycles. The van der Waals surface area contributed by atoms with E-state index in [2.05, 4.69) is 22.4 Å². The highest BCUT2D eigenvalue weighted by atomic mass is 32.2. The van der Waals surface area contributed by atoms with Gasteiger partial charge in [0.1, 0.15) is 0 Å². The Kier molecular flexibility index (Phi) is 5.70. The molecule has 2 aliphatic rings. The predicted octanol–water partition coefficient (Wildman–Crippen LogP) is 1.23. The van der Waals surface area contributed by atoms with Crippen molar-refractivity contribution in [1.82, 2.24) is 19.1 Å². The summed E-state index contributed by atoms with van der Waals surface area (Å²) in [5.74, 6) is 0. The fourth-order valence-corrected chi connectivity index (χ4v) is 4.71. The van der Waals surface area contributed by atoms with Crippen LogP contribution in [0.3, 0.4) is 0 Å². The molecule has 0 radical (unpaired) electrons. The molecule has 0 amide bonds. The van der Waals surface area contributed by atoms with Crippen LogP contribution >= 0.6 is 12.6 Å². The summed E-state index contributed by atoms with van der Waals surface area (Å²) in [5.41, 5.74) is 0.512. The first kappa shape index (κ1) is 21.9. The molecule has 2 heterocycles. The summed E-state index contributed by atoms with van der Waals surface area (Å²) in [6, 6.07) is 2.51. The van der Waals surface area contributed by atoms with Crippen LogP contribution in [-0.4, -0.2) is 27.5 Å². The van der Waals surface area contributed by atoms with E-state index in [1.807, 2.05) is 31.2 Å². The molecule has 2 aromatic heterocycles. The van der Waals surface area contributed by atoms with Gasteiger partial charge in [0, 0.05) is 35.0 Å². The smallest absolute Gasteiger partial charge is 0.262 e. The number of aryl methyl sites for hydroxylation is 1. The Morgan fingerprint density at radius 2 is 1.88 bits per heavy atom. The first-order valence-corrected chi connectivity index (χ1v) is 11.7. The lowest BCUT2D eigenvalue weighted by molar-refractivity contribution is 0.591. The molecule has 0 fully saturated rings. The van der Waals surface area contributed by atoms with Crippen LogP contribution in [0.2, 0.25) is 0 Å². The summed E-state index contributed by atoms with van der Waals surface area (Å²) in [5, 5.41) is 5.61. The number of fused-ring (bicyclic) bond motifs is 1. The fourth-order valence-electron chi connectivity index (χ4n) is 3.43. The third kappa shape index (κ3) is 4.49. The second-order valence-corrected chi connectivity index (χ2v) is 10.2. The average molecular weight is 467 g/mol. The third-order valence-corrected chi connectivity index (χ3v) is 6.60. The lowest BCUT2D eigenvalue weighted by atomic mass is 10.1. The number of hydrogen-bond donors (Lipinski definition) is 2. The summed E-state index contributed by atoms with van der Waals surface area (Å²) in [4.78, 5) is 12.6. The largest absolute Gasteiger partial charge is 0.284 e. The molecule has 7 nitrogen and oxygen atoms in total. The molecule has 4 rings (SSSR count). The second kappa shape index (κ2) is 8.33. The molecular weight excluding hydrogens is 444 g/mol. The standard InChI is InChI=1S/C23H22N4O3S2/c1-23(31)12-10-20(22-17(15-23)16-24-26(22)2)25-32(29,30)19-11-13-27(21(28)14-19)18-8-6-4-3-5-7-9-18/h3-16,25,31H,1-2H3/b4-3-,5-3?,6-4?,7-5-,8-6-,9-7?,18-8?,18-9+. The van der Waals surface area contributed by atoms with Gasteiger partial charge in [-0.1, -0.05) is 42.5 Å². The number of pyridine rings is 1. The van der Waals surface area contributed by atoms with Gasteiger partial charge in [0.2, 0.25) is 0 Å². The van der Waals surface area contributed by atoms with Crippen LogP contribution in [0.5, 0.6) is 0 Å². The van der Waals surface area contributed by atoms with Crippen molar-refractivity contribution in [3.05, 3.63) is 100 Å². The van der Waals surface area contributed by atoms with Crippen LogP contribution in [0.25, 0.3) is 17.5 Å². The minimum Gasteiger partial charge on any atom is -0.284 e. The zero-order valence-electron chi connectivity index (χ0n) is 17.5. The molecular formula is C23H22N4O3S2. The summed E-state index contributed by atoms with van der Waals surface area (Å²) >= 11 is 4.60. The van der Waals surface area contributed by atoms with Gasteiger partial charge in [-0.15, -0.1) is 0 Å². The van der Waals surface area contributed by atoms with Gasteiger partial charge in [0.25, 0.3) is 15.6 Å². The van der Waals surface area contributed by atoms with E-state index in [0.717, 1.165) is 11.3 Å². The Hall–Kier alpha value is -3.30. The summed E-state index contributed by atoms with van der Waals surface area (Å²) < 4.78 is 31.3. The van der Waals surface area contributed by atoms with Crippen molar-refractivity contribution in [2.75, 3.05) is 0 Å². The molecule has 2 aliphatic carbocycles. The molecule has 32 heavy (non-hydrogen) atoms. The van der Waals surface area contributed by atoms with Crippen molar-refractivity contribution < 1.29 is 8.42 Å². The maximum Gasteiger partial charge on any atom is 0.262 e. The number of rotatable bonds is 4. The average Bonchev–Trinajstić information content (AvgIpc) is 2.98. The van der Waals surface area contributed by atoms with Gasteiger partial charge >= 0.3 is 0 Å². The number of aromatic nitrogens is 3. The molecule has 2 aromatic rings. The zero-order valence-corrected chi connectivity index (χ0v) is 19.2. The van der Waals surface area contributed by atoms with Gasteiger partial charge in [-0.05, 0) is 31.2 Å². The maximum atomic E-state index is 13.1. The highest BCUT2D eigenvalue weighted by molar-refractivity contribution is 7.89. The molecule has 0 bridgehead atoms. The number of allylic oxidation sites excluding steroid dienone is 8. The topological polar surface area (TPSA) is 86.0 Å². The molecule has 1 unspecified atom stereocenters. The monoisotopic (exact) mass is 466 g/mol. The number of thiol groups is 1. The van der Waals surface area contributed by atoms with Gasteiger partial charge < -0.3 is 0 Å². The molecule has 9 heteroatoms. The Bertz CT molecular complexity index is 1520. The van der Waals surface area contributed by atoms with E-state index in [1.54, 1.807) is 54.4 Å². The SMILES string of the molecule is Cn1ncc2c1=C(NS(=O)(=O)c1ccn(C3=C/C=C\C=C/C=C\3)c(=O)c1)C=CC(C)(S)C=2. The van der Waals surface area contributed by atoms with Crippen molar-refractivity contribution in [2.45, 2.75) is 16.6 Å². The molecule has 1 N–H and O–H groups in total. The summed E-state index contributed by atoms with van der Waals surface area (Å²) in [6.45, 7) is 1.89. The zero-order chi connectivity index (χ0) is 22.9. The number of hydrogen-bond acceptors (Lipinski definition) is 5. The van der Waals surface area contributed by atoms with E-state index in [9.17, 15) is 13.2 Å². The molecule has 164 valence electrons. The molecule has 0 spiro atoms. The third-order valence-electron chi connectivity index (χ3n) is 4.96. The van der Waals surface area contributed by atoms with Crippen molar-refractivity contribution >= 4 is 40.1 Å². The fraction of sp³-hybridized carbons (Fsp3) is 0.130. The molecule has 0 saturated heterocycles. The van der Waals surface area contributed by atoms with Crippen molar-refractivity contribution in [3.8, 4) is 0 Å². The first-order valence-electron chi connectivity index (χ1n) is 9.81. The Morgan fingerprint density at radius 3 is 2.66 bits per heavy atom. The lowest BCUT2D eigenvalue weighted by Gasteiger charge is -2.13. The highest BCUT2D eigenvalue weighted by Crippen LogP contribution is 2.19. The Labute approximate surface area is 191 Å². The normalized spacial score (nSPS) is 24.7. The van der Waals surface area contributed by atoms with Gasteiger partial charge in [-0.2, -0.15) is 17.7 Å². The summed E-state index contributed by atoms with van der Waals surface area (Å²) in [7, 11) is -2.29. The van der Waals surface area contributed by atoms with Gasteiger partial charge in [-0.25, -0.2) is 8.42 Å². The number of nitrogens with one attached hydrogen (secondary N) is 1.